The number of aromatic nitrogens is 4. The topological polar surface area (TPSA) is 78.4 Å². The van der Waals surface area contributed by atoms with Crippen molar-refractivity contribution in [2.24, 2.45) is 0 Å². The van der Waals surface area contributed by atoms with Crippen LogP contribution in [0.1, 0.15) is 30.0 Å². The largest absolute Gasteiger partial charge is 0.366 e. The maximum absolute atomic E-state index is 9.55. The van der Waals surface area contributed by atoms with Crippen molar-refractivity contribution in [1.29, 1.82) is 0 Å². The SMILES string of the molecule is O[n+]1cccc(CNc2cc(C3CCCNC3)nc3c(Br)cnn23)c1. The van der Waals surface area contributed by atoms with Gasteiger partial charge in [-0.25, -0.2) is 4.98 Å². The fourth-order valence-corrected chi connectivity index (χ4v) is 3.55. The molecule has 1 aliphatic rings. The molecule has 8 heteroatoms. The summed E-state index contributed by atoms with van der Waals surface area (Å²) in [5, 5.41) is 20.8. The Balaban J connectivity index is 1.66. The number of nitrogens with one attached hydrogen (secondary N) is 2. The van der Waals surface area contributed by atoms with Crippen molar-refractivity contribution >= 4 is 27.4 Å². The molecular weight excluding hydrogens is 384 g/mol. The Morgan fingerprint density at radius 2 is 2.40 bits per heavy atom. The van der Waals surface area contributed by atoms with E-state index in [-0.39, 0.29) is 0 Å². The van der Waals surface area contributed by atoms with Crippen molar-refractivity contribution in [3.05, 3.63) is 52.5 Å². The number of anilines is 1. The minimum Gasteiger partial charge on any atom is -0.366 e. The molecule has 0 aromatic carbocycles. The van der Waals surface area contributed by atoms with Crippen LogP contribution in [0.2, 0.25) is 0 Å². The number of rotatable bonds is 4. The van der Waals surface area contributed by atoms with Gasteiger partial charge in [-0.05, 0) is 41.4 Å². The van der Waals surface area contributed by atoms with Gasteiger partial charge >= 0.3 is 0 Å². The first-order valence-corrected chi connectivity index (χ1v) is 9.18. The fourth-order valence-electron chi connectivity index (χ4n) is 3.20. The first kappa shape index (κ1) is 16.3. The highest BCUT2D eigenvalue weighted by Crippen LogP contribution is 2.27. The summed E-state index contributed by atoms with van der Waals surface area (Å²) in [6.45, 7) is 2.62. The predicted octanol–water partition coefficient (Wildman–Crippen LogP) is 2.10. The van der Waals surface area contributed by atoms with Crippen molar-refractivity contribution in [2.75, 3.05) is 18.4 Å². The van der Waals surface area contributed by atoms with Gasteiger partial charge in [0.05, 0.1) is 16.4 Å². The van der Waals surface area contributed by atoms with E-state index in [4.69, 9.17) is 4.98 Å². The monoisotopic (exact) mass is 403 g/mol. The van der Waals surface area contributed by atoms with Gasteiger partial charge in [-0.15, -0.1) is 0 Å². The van der Waals surface area contributed by atoms with Gasteiger partial charge in [0.25, 0.3) is 0 Å². The van der Waals surface area contributed by atoms with Gasteiger partial charge in [0.15, 0.2) is 5.65 Å². The molecule has 1 saturated heterocycles. The van der Waals surface area contributed by atoms with Gasteiger partial charge in [-0.2, -0.15) is 9.61 Å². The van der Waals surface area contributed by atoms with E-state index >= 15 is 0 Å². The zero-order valence-electron chi connectivity index (χ0n) is 13.7. The third kappa shape index (κ3) is 3.45. The van der Waals surface area contributed by atoms with Crippen LogP contribution in [0.15, 0.2) is 41.3 Å². The Morgan fingerprint density at radius 3 is 3.20 bits per heavy atom. The molecule has 1 aliphatic heterocycles. The first-order chi connectivity index (χ1) is 12.2. The number of piperidine rings is 1. The second kappa shape index (κ2) is 6.97. The molecule has 1 atom stereocenters. The molecule has 3 aromatic heterocycles. The summed E-state index contributed by atoms with van der Waals surface area (Å²) in [6.07, 6.45) is 7.34. The lowest BCUT2D eigenvalue weighted by molar-refractivity contribution is -0.905. The Bertz CT molecular complexity index is 890. The molecule has 0 radical (unpaired) electrons. The average Bonchev–Trinajstić information content (AvgIpc) is 3.02. The number of hydrogen-bond acceptors (Lipinski definition) is 5. The molecule has 4 heterocycles. The molecule has 0 aliphatic carbocycles. The molecule has 3 N–H and O–H groups in total. The lowest BCUT2D eigenvalue weighted by atomic mass is 9.96. The highest BCUT2D eigenvalue weighted by Gasteiger charge is 2.19. The summed E-state index contributed by atoms with van der Waals surface area (Å²) >= 11 is 3.54. The summed E-state index contributed by atoms with van der Waals surface area (Å²) in [5.74, 6) is 1.31. The van der Waals surface area contributed by atoms with Gasteiger partial charge < -0.3 is 10.6 Å². The first-order valence-electron chi connectivity index (χ1n) is 8.39. The number of nitrogens with zero attached hydrogens (tertiary/aromatic N) is 4. The number of pyridine rings is 1. The highest BCUT2D eigenvalue weighted by molar-refractivity contribution is 9.10. The van der Waals surface area contributed by atoms with E-state index in [9.17, 15) is 5.21 Å². The van der Waals surface area contributed by atoms with Gasteiger partial charge in [0.1, 0.15) is 5.82 Å². The smallest absolute Gasteiger partial charge is 0.227 e. The van der Waals surface area contributed by atoms with Crippen molar-refractivity contribution in [1.82, 2.24) is 19.9 Å². The van der Waals surface area contributed by atoms with E-state index < -0.39 is 0 Å². The molecule has 3 aromatic rings. The minimum absolute atomic E-state index is 0.414. The van der Waals surface area contributed by atoms with Crippen molar-refractivity contribution in [3.63, 3.8) is 0 Å². The average molecular weight is 404 g/mol. The zero-order valence-corrected chi connectivity index (χ0v) is 15.3. The van der Waals surface area contributed by atoms with Crippen LogP contribution in [-0.2, 0) is 6.54 Å². The maximum Gasteiger partial charge on any atom is 0.227 e. The molecule has 1 unspecified atom stereocenters. The summed E-state index contributed by atoms with van der Waals surface area (Å²) in [6, 6.07) is 5.85. The molecule has 0 saturated carbocycles. The van der Waals surface area contributed by atoms with Crippen LogP contribution in [0.5, 0.6) is 0 Å². The van der Waals surface area contributed by atoms with E-state index in [1.807, 2.05) is 12.1 Å². The number of hydrogen-bond donors (Lipinski definition) is 3. The Hall–Kier alpha value is -2.19. The Morgan fingerprint density at radius 1 is 1.48 bits per heavy atom. The summed E-state index contributed by atoms with van der Waals surface area (Å²) < 4.78 is 3.75. The van der Waals surface area contributed by atoms with Crippen molar-refractivity contribution < 1.29 is 9.94 Å². The van der Waals surface area contributed by atoms with Crippen LogP contribution >= 0.6 is 15.9 Å². The fraction of sp³-hybridized carbons (Fsp3) is 0.353. The van der Waals surface area contributed by atoms with Crippen molar-refractivity contribution in [2.45, 2.75) is 25.3 Å². The second-order valence-corrected chi connectivity index (χ2v) is 7.14. The van der Waals surface area contributed by atoms with E-state index in [0.29, 0.717) is 12.5 Å². The van der Waals surface area contributed by atoms with E-state index in [2.05, 4.69) is 37.7 Å². The Labute approximate surface area is 153 Å². The molecule has 25 heavy (non-hydrogen) atoms. The molecular formula is C17H20BrN6O+. The van der Waals surface area contributed by atoms with Crippen LogP contribution in [-0.4, -0.2) is 32.9 Å². The van der Waals surface area contributed by atoms with Crippen LogP contribution in [0.3, 0.4) is 0 Å². The van der Waals surface area contributed by atoms with E-state index in [0.717, 1.165) is 51.4 Å². The highest BCUT2D eigenvalue weighted by atomic mass is 79.9. The van der Waals surface area contributed by atoms with Gasteiger partial charge in [0, 0.05) is 41.4 Å². The zero-order chi connectivity index (χ0) is 17.2. The molecule has 0 bridgehead atoms. The summed E-state index contributed by atoms with van der Waals surface area (Å²) in [4.78, 5) is 4.82. The third-order valence-electron chi connectivity index (χ3n) is 4.48. The second-order valence-electron chi connectivity index (χ2n) is 6.28. The van der Waals surface area contributed by atoms with Gasteiger partial charge in [-0.1, -0.05) is 0 Å². The number of halogens is 1. The standard InChI is InChI=1S/C17H20BrN6O/c18-14-10-21-24-16(20-8-12-3-2-6-23(25)11-12)7-15(22-17(14)24)13-4-1-5-19-9-13/h2-3,6-7,10-11,13,19-20,25H,1,4-5,8-9H2/q+1. The van der Waals surface area contributed by atoms with Crippen LogP contribution in [0.25, 0.3) is 5.65 Å². The minimum atomic E-state index is 0.414. The molecule has 1 fully saturated rings. The molecule has 4 rings (SSSR count). The lowest BCUT2D eigenvalue weighted by Gasteiger charge is -2.23. The quantitative estimate of drug-likeness (QED) is 0.459. The predicted molar refractivity (Wildman–Crippen MR) is 96.7 cm³/mol. The summed E-state index contributed by atoms with van der Waals surface area (Å²) in [7, 11) is 0. The molecule has 7 nitrogen and oxygen atoms in total. The normalized spacial score (nSPS) is 17.7. The number of fused-ring (bicyclic) bond motifs is 1. The van der Waals surface area contributed by atoms with E-state index in [1.54, 1.807) is 23.1 Å². The maximum atomic E-state index is 9.55. The Kier molecular flexibility index (Phi) is 4.54. The van der Waals surface area contributed by atoms with Crippen LogP contribution < -0.4 is 15.4 Å². The third-order valence-corrected chi connectivity index (χ3v) is 5.04. The van der Waals surface area contributed by atoms with Gasteiger partial charge in [-0.3, -0.25) is 5.21 Å². The molecule has 0 amide bonds. The van der Waals surface area contributed by atoms with E-state index in [1.165, 1.54) is 6.42 Å². The van der Waals surface area contributed by atoms with Crippen LogP contribution in [0.4, 0.5) is 5.82 Å². The lowest BCUT2D eigenvalue weighted by Crippen LogP contribution is -2.29. The summed E-state index contributed by atoms with van der Waals surface area (Å²) in [5.41, 5.74) is 2.87. The molecule has 0 spiro atoms. The van der Waals surface area contributed by atoms with Gasteiger partial charge in [0.2, 0.25) is 12.4 Å². The van der Waals surface area contributed by atoms with Crippen LogP contribution in [0, 0.1) is 0 Å². The van der Waals surface area contributed by atoms with Crippen molar-refractivity contribution in [3.8, 4) is 0 Å². The molecule has 130 valence electrons.